The Kier molecular flexibility index (Phi) is 8.06. The van der Waals surface area contributed by atoms with Crippen molar-refractivity contribution in [2.24, 2.45) is 0 Å². The van der Waals surface area contributed by atoms with Crippen molar-refractivity contribution in [2.45, 2.75) is 0 Å². The van der Waals surface area contributed by atoms with E-state index in [2.05, 4.69) is 120 Å². The second-order valence-corrected chi connectivity index (χ2v) is 15.2. The monoisotopic (exact) mass is 782 g/mol. The molecule has 0 amide bonds. The minimum absolute atomic E-state index is 0.593. The van der Waals surface area contributed by atoms with E-state index >= 15 is 0 Å². The first-order chi connectivity index (χ1) is 30.2. The zero-order valence-corrected chi connectivity index (χ0v) is 32.7. The van der Waals surface area contributed by atoms with Crippen molar-refractivity contribution in [1.29, 1.82) is 0 Å². The van der Waals surface area contributed by atoms with E-state index in [1.54, 1.807) is 0 Å². The molecule has 9 aromatic carbocycles. The summed E-state index contributed by atoms with van der Waals surface area (Å²) in [5, 5.41) is 6.39. The van der Waals surface area contributed by atoms with Gasteiger partial charge in [0.2, 0.25) is 0 Å². The van der Waals surface area contributed by atoms with Gasteiger partial charge < -0.3 is 13.7 Å². The third-order valence-corrected chi connectivity index (χ3v) is 11.5. The van der Waals surface area contributed by atoms with Crippen LogP contribution >= 0.6 is 0 Å². The van der Waals surface area contributed by atoms with Gasteiger partial charge in [-0.05, 0) is 77.2 Å². The molecule has 0 aliphatic rings. The number of aromatic nitrogens is 3. The third kappa shape index (κ3) is 6.00. The minimum Gasteiger partial charge on any atom is -0.456 e. The van der Waals surface area contributed by atoms with E-state index in [0.29, 0.717) is 17.5 Å². The van der Waals surface area contributed by atoms with E-state index in [-0.39, 0.29) is 0 Å². The molecule has 3 aromatic heterocycles. The van der Waals surface area contributed by atoms with Gasteiger partial charge in [-0.25, -0.2) is 15.0 Å². The number of hydrogen-bond acceptors (Lipinski definition) is 6. The van der Waals surface area contributed by atoms with Crippen LogP contribution in [0.15, 0.2) is 215 Å². The van der Waals surface area contributed by atoms with Gasteiger partial charge in [0.1, 0.15) is 22.3 Å². The summed E-state index contributed by atoms with van der Waals surface area (Å²) in [6, 6.07) is 71.1. The molecular weight excluding hydrogens is 749 g/mol. The van der Waals surface area contributed by atoms with Crippen LogP contribution in [0.5, 0.6) is 0 Å². The van der Waals surface area contributed by atoms with Gasteiger partial charge in [0.25, 0.3) is 0 Å². The van der Waals surface area contributed by atoms with E-state index < -0.39 is 0 Å². The Morgan fingerprint density at radius 2 is 0.770 bits per heavy atom. The molecule has 0 bridgehead atoms. The number of nitrogens with zero attached hydrogens (tertiary/aromatic N) is 4. The lowest BCUT2D eigenvalue weighted by atomic mass is 9.94. The van der Waals surface area contributed by atoms with Gasteiger partial charge in [0, 0.05) is 66.8 Å². The van der Waals surface area contributed by atoms with Crippen LogP contribution in [0.1, 0.15) is 0 Å². The number of rotatable bonds is 7. The number of anilines is 3. The molecular formula is C55H34N4O2. The molecule has 12 aromatic rings. The summed E-state index contributed by atoms with van der Waals surface area (Å²) >= 11 is 0. The summed E-state index contributed by atoms with van der Waals surface area (Å²) in [6.07, 6.45) is 0. The molecule has 0 saturated heterocycles. The molecule has 0 aliphatic heterocycles. The quantitative estimate of drug-likeness (QED) is 0.160. The summed E-state index contributed by atoms with van der Waals surface area (Å²) in [7, 11) is 0. The van der Waals surface area contributed by atoms with Crippen LogP contribution in [0, 0.1) is 0 Å². The van der Waals surface area contributed by atoms with Crippen molar-refractivity contribution in [3.63, 3.8) is 0 Å². The highest BCUT2D eigenvalue weighted by molar-refractivity contribution is 6.19. The van der Waals surface area contributed by atoms with Crippen LogP contribution in [-0.2, 0) is 0 Å². The molecule has 0 fully saturated rings. The van der Waals surface area contributed by atoms with Gasteiger partial charge in [-0.2, -0.15) is 0 Å². The fourth-order valence-corrected chi connectivity index (χ4v) is 8.58. The lowest BCUT2D eigenvalue weighted by Gasteiger charge is -2.25. The first kappa shape index (κ1) is 34.7. The molecule has 0 N–H and O–H groups in total. The molecule has 61 heavy (non-hydrogen) atoms. The Bertz CT molecular complexity index is 3520. The first-order valence-corrected chi connectivity index (χ1v) is 20.3. The average molecular weight is 783 g/mol. The molecule has 0 radical (unpaired) electrons. The summed E-state index contributed by atoms with van der Waals surface area (Å²) in [5.74, 6) is 1.83. The molecule has 6 heteroatoms. The zero-order valence-electron chi connectivity index (χ0n) is 32.7. The highest BCUT2D eigenvalue weighted by Crippen LogP contribution is 2.43. The Morgan fingerprint density at radius 3 is 1.44 bits per heavy atom. The van der Waals surface area contributed by atoms with Gasteiger partial charge in [-0.1, -0.05) is 140 Å². The molecule has 0 spiro atoms. The van der Waals surface area contributed by atoms with E-state index in [4.69, 9.17) is 23.8 Å². The van der Waals surface area contributed by atoms with Crippen molar-refractivity contribution < 1.29 is 8.83 Å². The van der Waals surface area contributed by atoms with Gasteiger partial charge >= 0.3 is 0 Å². The van der Waals surface area contributed by atoms with Crippen LogP contribution in [0.4, 0.5) is 17.1 Å². The highest BCUT2D eigenvalue weighted by atomic mass is 16.3. The molecule has 12 rings (SSSR count). The van der Waals surface area contributed by atoms with Crippen LogP contribution in [0.3, 0.4) is 0 Å². The van der Waals surface area contributed by atoms with E-state index in [1.807, 2.05) is 91.0 Å². The Morgan fingerprint density at radius 1 is 0.295 bits per heavy atom. The molecule has 0 atom stereocenters. The molecule has 286 valence electrons. The molecule has 6 nitrogen and oxygen atoms in total. The number of fused-ring (bicyclic) bond motifs is 8. The second-order valence-electron chi connectivity index (χ2n) is 15.2. The van der Waals surface area contributed by atoms with E-state index in [1.165, 1.54) is 0 Å². The van der Waals surface area contributed by atoms with Crippen molar-refractivity contribution in [2.75, 3.05) is 4.90 Å². The summed E-state index contributed by atoms with van der Waals surface area (Å²) < 4.78 is 13.0. The van der Waals surface area contributed by atoms with Crippen LogP contribution in [0.2, 0.25) is 0 Å². The number of hydrogen-bond donors (Lipinski definition) is 0. The fourth-order valence-electron chi connectivity index (χ4n) is 8.58. The summed E-state index contributed by atoms with van der Waals surface area (Å²) in [5.41, 5.74) is 11.4. The molecule has 0 aliphatic carbocycles. The molecule has 3 heterocycles. The lowest BCUT2D eigenvalue weighted by molar-refractivity contribution is 0.669. The Labute approximate surface area is 350 Å². The maximum absolute atomic E-state index is 6.66. The first-order valence-electron chi connectivity index (χ1n) is 20.3. The van der Waals surface area contributed by atoms with Crippen LogP contribution < -0.4 is 4.90 Å². The predicted molar refractivity (Wildman–Crippen MR) is 248 cm³/mol. The highest BCUT2D eigenvalue weighted by Gasteiger charge is 2.20. The van der Waals surface area contributed by atoms with Crippen LogP contribution in [-0.4, -0.2) is 15.0 Å². The Balaban J connectivity index is 1.01. The number of benzene rings is 9. The van der Waals surface area contributed by atoms with E-state index in [0.717, 1.165) is 99.5 Å². The maximum Gasteiger partial charge on any atom is 0.164 e. The summed E-state index contributed by atoms with van der Waals surface area (Å²) in [6.45, 7) is 0. The second kappa shape index (κ2) is 14.2. The maximum atomic E-state index is 6.66. The molecule has 0 saturated carbocycles. The largest absolute Gasteiger partial charge is 0.456 e. The van der Waals surface area contributed by atoms with Crippen LogP contribution in [0.25, 0.3) is 99.9 Å². The standard InChI is InChI=1S/C55H34N4O2/c1-4-14-36(15-5-1)53-56-54(37-16-6-2-7-17-37)58-55(57-53)38-26-30-42-46(34-48-44-21-11-13-23-50(44)61-52(48)47(42)32-38)35-24-27-40(28-25-35)59(39-18-8-3-9-19-39)41-29-31-45-43-20-10-12-22-49(43)60-51(45)33-41/h1-34H. The van der Waals surface area contributed by atoms with Crippen molar-refractivity contribution >= 4 is 71.7 Å². The van der Waals surface area contributed by atoms with Crippen molar-refractivity contribution in [3.05, 3.63) is 206 Å². The SMILES string of the molecule is c1ccc(-c2nc(-c3ccccc3)nc(-c3ccc4c(-c5ccc(N(c6ccccc6)c6ccc7c(c6)oc6ccccc67)cc5)cc5c6ccccc6oc5c4c3)n2)cc1. The van der Waals surface area contributed by atoms with Crippen molar-refractivity contribution in [3.8, 4) is 45.3 Å². The van der Waals surface area contributed by atoms with Gasteiger partial charge in [0.15, 0.2) is 17.5 Å². The summed E-state index contributed by atoms with van der Waals surface area (Å²) in [4.78, 5) is 17.3. The number of para-hydroxylation sites is 3. The number of furan rings is 2. The average Bonchev–Trinajstić information content (AvgIpc) is 3.90. The smallest absolute Gasteiger partial charge is 0.164 e. The third-order valence-electron chi connectivity index (χ3n) is 11.5. The van der Waals surface area contributed by atoms with Gasteiger partial charge in [-0.15, -0.1) is 0 Å². The zero-order chi connectivity index (χ0) is 40.3. The topological polar surface area (TPSA) is 68.2 Å². The predicted octanol–water partition coefficient (Wildman–Crippen LogP) is 15.0. The van der Waals surface area contributed by atoms with E-state index in [9.17, 15) is 0 Å². The van der Waals surface area contributed by atoms with Gasteiger partial charge in [-0.3, -0.25) is 0 Å². The molecule has 0 unspecified atom stereocenters. The van der Waals surface area contributed by atoms with Gasteiger partial charge in [0.05, 0.1) is 0 Å². The Hall–Kier alpha value is -8.35. The lowest BCUT2D eigenvalue weighted by Crippen LogP contribution is -2.09. The van der Waals surface area contributed by atoms with Crippen molar-refractivity contribution in [1.82, 2.24) is 15.0 Å². The normalized spacial score (nSPS) is 11.6. The fraction of sp³-hybridized carbons (Fsp3) is 0. The minimum atomic E-state index is 0.593.